The van der Waals surface area contributed by atoms with Gasteiger partial charge in [-0.3, -0.25) is 4.79 Å². The topological polar surface area (TPSA) is 85.6 Å². The summed E-state index contributed by atoms with van der Waals surface area (Å²) in [5.74, 6) is -0.288. The summed E-state index contributed by atoms with van der Waals surface area (Å²) in [6.45, 7) is -0.0687. The molecule has 8 heteroatoms. The van der Waals surface area contributed by atoms with E-state index in [0.29, 0.717) is 33.5 Å². The Balaban J connectivity index is 1.56. The van der Waals surface area contributed by atoms with Crippen molar-refractivity contribution in [2.75, 3.05) is 11.1 Å². The molecule has 136 valence electrons. The van der Waals surface area contributed by atoms with Gasteiger partial charge in [0.1, 0.15) is 12.2 Å². The van der Waals surface area contributed by atoms with Crippen LogP contribution in [0, 0.1) is 0 Å². The number of nitrogens with one attached hydrogen (secondary N) is 1. The van der Waals surface area contributed by atoms with Crippen LogP contribution in [0.3, 0.4) is 0 Å². The van der Waals surface area contributed by atoms with Gasteiger partial charge in [-0.1, -0.05) is 15.9 Å². The summed E-state index contributed by atoms with van der Waals surface area (Å²) < 4.78 is 11.3. The minimum atomic E-state index is -0.541. The summed E-state index contributed by atoms with van der Waals surface area (Å²) in [5.41, 5.74) is 1.38. The fraction of sp³-hybridized carbons (Fsp3) is 0.105. The van der Waals surface area contributed by atoms with Gasteiger partial charge in [-0.2, -0.15) is 0 Å². The SMILES string of the molecule is O=C1CSc2ccc(C(=O)OCc3cc(=O)oc4cc(Br)ccc34)cc2N1. The highest BCUT2D eigenvalue weighted by molar-refractivity contribution is 9.10. The van der Waals surface area contributed by atoms with Crippen LogP contribution in [-0.2, 0) is 16.1 Å². The largest absolute Gasteiger partial charge is 0.457 e. The van der Waals surface area contributed by atoms with Crippen molar-refractivity contribution in [3.8, 4) is 0 Å². The van der Waals surface area contributed by atoms with Gasteiger partial charge in [-0.15, -0.1) is 11.8 Å². The zero-order valence-corrected chi connectivity index (χ0v) is 16.2. The molecule has 1 aromatic heterocycles. The molecule has 6 nitrogen and oxygen atoms in total. The van der Waals surface area contributed by atoms with Crippen LogP contribution in [0.15, 0.2) is 61.0 Å². The average Bonchev–Trinajstić information content (AvgIpc) is 2.64. The van der Waals surface area contributed by atoms with Gasteiger partial charge in [-0.25, -0.2) is 9.59 Å². The van der Waals surface area contributed by atoms with Gasteiger partial charge in [0.25, 0.3) is 0 Å². The number of halogens is 1. The van der Waals surface area contributed by atoms with Crippen molar-refractivity contribution in [1.82, 2.24) is 0 Å². The molecule has 1 amide bonds. The third-order valence-corrected chi connectivity index (χ3v) is 5.57. The Bertz CT molecular complexity index is 1140. The summed E-state index contributed by atoms with van der Waals surface area (Å²) in [5, 5.41) is 3.43. The number of carbonyl (C=O) groups is 2. The van der Waals surface area contributed by atoms with E-state index in [4.69, 9.17) is 9.15 Å². The third-order valence-electron chi connectivity index (χ3n) is 4.00. The normalized spacial score (nSPS) is 13.1. The second-order valence-corrected chi connectivity index (χ2v) is 7.79. The number of benzene rings is 2. The van der Waals surface area contributed by atoms with Gasteiger partial charge >= 0.3 is 11.6 Å². The fourth-order valence-electron chi connectivity index (χ4n) is 2.76. The van der Waals surface area contributed by atoms with Gasteiger partial charge in [0, 0.05) is 26.4 Å². The number of hydrogen-bond acceptors (Lipinski definition) is 6. The van der Waals surface area contributed by atoms with Crippen LogP contribution in [0.25, 0.3) is 11.0 Å². The van der Waals surface area contributed by atoms with Crippen molar-refractivity contribution < 1.29 is 18.7 Å². The lowest BCUT2D eigenvalue weighted by molar-refractivity contribution is -0.113. The Hall–Kier alpha value is -2.58. The number of hydrogen-bond donors (Lipinski definition) is 1. The highest BCUT2D eigenvalue weighted by atomic mass is 79.9. The number of amides is 1. The Morgan fingerprint density at radius 2 is 2.04 bits per heavy atom. The monoisotopic (exact) mass is 445 g/mol. The zero-order valence-electron chi connectivity index (χ0n) is 13.8. The molecule has 0 spiro atoms. The van der Waals surface area contributed by atoms with Crippen molar-refractivity contribution >= 4 is 56.2 Å². The minimum Gasteiger partial charge on any atom is -0.457 e. The first-order chi connectivity index (χ1) is 13.0. The van der Waals surface area contributed by atoms with Crippen LogP contribution in [0.4, 0.5) is 5.69 Å². The van der Waals surface area contributed by atoms with Crippen LogP contribution >= 0.6 is 27.7 Å². The van der Waals surface area contributed by atoms with Crippen molar-refractivity contribution in [1.29, 1.82) is 0 Å². The molecule has 0 saturated carbocycles. The predicted molar refractivity (Wildman–Crippen MR) is 105 cm³/mol. The lowest BCUT2D eigenvalue weighted by Gasteiger charge is -2.16. The quantitative estimate of drug-likeness (QED) is 0.485. The summed E-state index contributed by atoms with van der Waals surface area (Å²) in [4.78, 5) is 36.6. The summed E-state index contributed by atoms with van der Waals surface area (Å²) in [7, 11) is 0. The van der Waals surface area contributed by atoms with Crippen LogP contribution in [0.5, 0.6) is 0 Å². The molecule has 0 unspecified atom stereocenters. The minimum absolute atomic E-state index is 0.0687. The Morgan fingerprint density at radius 1 is 1.19 bits per heavy atom. The second kappa shape index (κ2) is 7.21. The molecule has 0 radical (unpaired) electrons. The van der Waals surface area contributed by atoms with E-state index in [2.05, 4.69) is 21.2 Å². The van der Waals surface area contributed by atoms with Gasteiger partial charge in [-0.05, 0) is 36.4 Å². The molecule has 1 aliphatic rings. The molecule has 1 aliphatic heterocycles. The molecule has 0 fully saturated rings. The molecule has 0 bridgehead atoms. The van der Waals surface area contributed by atoms with E-state index in [-0.39, 0.29) is 12.5 Å². The lowest BCUT2D eigenvalue weighted by Crippen LogP contribution is -2.19. The molecule has 2 aromatic carbocycles. The molecule has 2 heterocycles. The first-order valence-corrected chi connectivity index (χ1v) is 9.73. The number of esters is 1. The first-order valence-electron chi connectivity index (χ1n) is 7.96. The summed E-state index contributed by atoms with van der Waals surface area (Å²) in [6, 6.07) is 11.6. The number of carbonyl (C=O) groups excluding carboxylic acids is 2. The molecule has 4 rings (SSSR count). The van der Waals surface area contributed by atoms with E-state index in [0.717, 1.165) is 9.37 Å². The van der Waals surface area contributed by atoms with Crippen molar-refractivity contribution in [3.05, 3.63) is 68.5 Å². The van der Waals surface area contributed by atoms with E-state index < -0.39 is 11.6 Å². The molecular weight excluding hydrogens is 434 g/mol. The van der Waals surface area contributed by atoms with Crippen LogP contribution in [0.2, 0.25) is 0 Å². The Kier molecular flexibility index (Phi) is 4.75. The van der Waals surface area contributed by atoms with E-state index in [9.17, 15) is 14.4 Å². The van der Waals surface area contributed by atoms with E-state index in [1.54, 1.807) is 30.3 Å². The van der Waals surface area contributed by atoms with Gasteiger partial charge < -0.3 is 14.5 Å². The maximum Gasteiger partial charge on any atom is 0.338 e. The standard InChI is InChI=1S/C19H12BrNO5S/c20-12-2-3-13-11(6-18(23)26-15(13)7-12)8-25-19(24)10-1-4-16-14(5-10)21-17(22)9-27-16/h1-7H,8-9H2,(H,21,22). The number of fused-ring (bicyclic) bond motifs is 2. The lowest BCUT2D eigenvalue weighted by atomic mass is 10.1. The van der Waals surface area contributed by atoms with Crippen LogP contribution < -0.4 is 10.9 Å². The van der Waals surface area contributed by atoms with E-state index in [1.807, 2.05) is 6.07 Å². The van der Waals surface area contributed by atoms with Crippen molar-refractivity contribution in [3.63, 3.8) is 0 Å². The third kappa shape index (κ3) is 3.77. The molecule has 3 aromatic rings. The first kappa shape index (κ1) is 17.8. The smallest absolute Gasteiger partial charge is 0.338 e. The van der Waals surface area contributed by atoms with Gasteiger partial charge in [0.05, 0.1) is 17.0 Å². The fourth-order valence-corrected chi connectivity index (χ4v) is 3.89. The molecule has 1 N–H and O–H groups in total. The number of anilines is 1. The molecule has 0 saturated heterocycles. The summed E-state index contributed by atoms with van der Waals surface area (Å²) in [6.07, 6.45) is 0. The summed E-state index contributed by atoms with van der Waals surface area (Å²) >= 11 is 4.75. The second-order valence-electron chi connectivity index (χ2n) is 5.86. The predicted octanol–water partition coefficient (Wildman–Crippen LogP) is 3.96. The highest BCUT2D eigenvalue weighted by Gasteiger charge is 2.18. The molecule has 0 atom stereocenters. The number of thioether (sulfide) groups is 1. The Labute approximate surface area is 166 Å². The van der Waals surface area contributed by atoms with E-state index in [1.165, 1.54) is 17.8 Å². The van der Waals surface area contributed by atoms with Crippen molar-refractivity contribution in [2.45, 2.75) is 11.5 Å². The van der Waals surface area contributed by atoms with Crippen LogP contribution in [-0.4, -0.2) is 17.6 Å². The van der Waals surface area contributed by atoms with Crippen LogP contribution in [0.1, 0.15) is 15.9 Å². The van der Waals surface area contributed by atoms with Gasteiger partial charge in [0.15, 0.2) is 0 Å². The van der Waals surface area contributed by atoms with Gasteiger partial charge in [0.2, 0.25) is 5.91 Å². The molecule has 27 heavy (non-hydrogen) atoms. The maximum atomic E-state index is 12.4. The average molecular weight is 446 g/mol. The number of rotatable bonds is 3. The molecule has 0 aliphatic carbocycles. The highest BCUT2D eigenvalue weighted by Crippen LogP contribution is 2.32. The maximum absolute atomic E-state index is 12.4. The zero-order chi connectivity index (χ0) is 19.0. The van der Waals surface area contributed by atoms with E-state index >= 15 is 0 Å². The van der Waals surface area contributed by atoms with Crippen molar-refractivity contribution in [2.24, 2.45) is 0 Å². The molecular formula is C19H12BrNO5S. The Morgan fingerprint density at radius 3 is 2.89 bits per heavy atom. The number of ether oxygens (including phenoxy) is 1.